The molecule has 0 aliphatic heterocycles. The predicted molar refractivity (Wildman–Crippen MR) is 138 cm³/mol. The van der Waals surface area contributed by atoms with Gasteiger partial charge in [-0.25, -0.2) is 4.79 Å². The number of hydrogen-bond acceptors (Lipinski definition) is 3. The number of carboxylic acid groups (broad SMARTS) is 1. The smallest absolute Gasteiger partial charge is 0.478 e. The number of rotatable bonds is 8. The average Bonchev–Trinajstić information content (AvgIpc) is 3.33. The number of carboxylic acids is 1. The first kappa shape index (κ1) is 25.1. The number of hydrogen-bond donors (Lipinski definition) is 2. The minimum absolute atomic E-state index is 0.167. The molecule has 0 saturated carbocycles. The van der Waals surface area contributed by atoms with E-state index < -0.39 is 18.2 Å². The molecule has 0 fully saturated rings. The van der Waals surface area contributed by atoms with Crippen LogP contribution in [0.25, 0.3) is 22.0 Å². The van der Waals surface area contributed by atoms with Crippen LogP contribution in [0, 0.1) is 0 Å². The SMILES string of the molecule is O=C(O)c1ccc(CCC(c2cc(-c3ccccc3)ccc2OC(F)(F)F)c2n[nH]c3ccccc23)cc1. The lowest BCUT2D eigenvalue weighted by Crippen LogP contribution is -2.19. The van der Waals surface area contributed by atoms with Gasteiger partial charge in [0.15, 0.2) is 0 Å². The maximum atomic E-state index is 13.5. The lowest BCUT2D eigenvalue weighted by molar-refractivity contribution is -0.274. The molecule has 5 nitrogen and oxygen atoms in total. The molecule has 2 N–H and O–H groups in total. The molecule has 38 heavy (non-hydrogen) atoms. The minimum atomic E-state index is -4.87. The van der Waals surface area contributed by atoms with Gasteiger partial charge in [-0.3, -0.25) is 5.10 Å². The lowest BCUT2D eigenvalue weighted by atomic mass is 9.86. The van der Waals surface area contributed by atoms with Crippen LogP contribution >= 0.6 is 0 Å². The average molecular weight is 517 g/mol. The van der Waals surface area contributed by atoms with E-state index >= 15 is 0 Å². The molecule has 1 unspecified atom stereocenters. The largest absolute Gasteiger partial charge is 0.573 e. The van der Waals surface area contributed by atoms with Crippen LogP contribution in [0.2, 0.25) is 0 Å². The molecule has 0 saturated heterocycles. The third kappa shape index (κ3) is 5.54. The van der Waals surface area contributed by atoms with Gasteiger partial charge in [0.2, 0.25) is 0 Å². The third-order valence-corrected chi connectivity index (χ3v) is 6.47. The van der Waals surface area contributed by atoms with E-state index in [-0.39, 0.29) is 11.3 Å². The molecule has 5 aromatic rings. The number of benzene rings is 4. The van der Waals surface area contributed by atoms with Crippen LogP contribution in [0.4, 0.5) is 13.2 Å². The molecular weight excluding hydrogens is 493 g/mol. The van der Waals surface area contributed by atoms with Crippen LogP contribution in [0.3, 0.4) is 0 Å². The van der Waals surface area contributed by atoms with Crippen LogP contribution in [-0.4, -0.2) is 27.6 Å². The topological polar surface area (TPSA) is 75.2 Å². The molecule has 0 bridgehead atoms. The Kier molecular flexibility index (Phi) is 6.87. The highest BCUT2D eigenvalue weighted by Gasteiger charge is 2.34. The maximum absolute atomic E-state index is 13.5. The molecule has 4 aromatic carbocycles. The highest BCUT2D eigenvalue weighted by Crippen LogP contribution is 2.41. The number of aromatic amines is 1. The number of carbonyl (C=O) groups is 1. The summed E-state index contributed by atoms with van der Waals surface area (Å²) in [7, 11) is 0. The Morgan fingerprint density at radius 3 is 2.32 bits per heavy atom. The van der Waals surface area contributed by atoms with Gasteiger partial charge < -0.3 is 9.84 Å². The van der Waals surface area contributed by atoms with E-state index in [1.807, 2.05) is 54.6 Å². The van der Waals surface area contributed by atoms with Crippen molar-refractivity contribution in [1.29, 1.82) is 0 Å². The Hall–Kier alpha value is -4.59. The second-order valence-corrected chi connectivity index (χ2v) is 8.91. The predicted octanol–water partition coefficient (Wildman–Crippen LogP) is 7.59. The van der Waals surface area contributed by atoms with Crippen molar-refractivity contribution in [2.24, 2.45) is 0 Å². The number of aryl methyl sites for hydroxylation is 1. The molecule has 1 heterocycles. The van der Waals surface area contributed by atoms with Crippen molar-refractivity contribution in [3.8, 4) is 16.9 Å². The number of aromatic nitrogens is 2. The Morgan fingerprint density at radius 2 is 1.61 bits per heavy atom. The first-order valence-corrected chi connectivity index (χ1v) is 12.0. The van der Waals surface area contributed by atoms with E-state index in [0.29, 0.717) is 24.1 Å². The summed E-state index contributed by atoms with van der Waals surface area (Å²) in [5, 5.41) is 17.5. The molecule has 0 aliphatic carbocycles. The standard InChI is InChI=1S/C30H23F3N2O3/c31-30(32,33)38-27-17-15-22(20-6-2-1-3-7-20)18-25(27)23(28-24-8-4-5-9-26(24)34-35-28)16-12-19-10-13-21(14-11-19)29(36)37/h1-11,13-15,17-18,23H,12,16H2,(H,34,35)(H,36,37). The fourth-order valence-electron chi connectivity index (χ4n) is 4.66. The van der Waals surface area contributed by atoms with Gasteiger partial charge in [0.1, 0.15) is 5.75 Å². The normalized spacial score (nSPS) is 12.4. The summed E-state index contributed by atoms with van der Waals surface area (Å²) < 4.78 is 44.9. The van der Waals surface area contributed by atoms with E-state index in [9.17, 15) is 23.1 Å². The Labute approximate surface area is 216 Å². The second kappa shape index (κ2) is 10.4. The number of nitrogens with zero attached hydrogens (tertiary/aromatic N) is 1. The molecule has 0 spiro atoms. The number of alkyl halides is 3. The van der Waals surface area contributed by atoms with Gasteiger partial charge in [-0.2, -0.15) is 5.10 Å². The number of para-hydroxylation sites is 1. The first-order chi connectivity index (χ1) is 18.3. The monoisotopic (exact) mass is 516 g/mol. The first-order valence-electron chi connectivity index (χ1n) is 12.0. The molecular formula is C30H23F3N2O3. The molecule has 5 rings (SSSR count). The minimum Gasteiger partial charge on any atom is -0.478 e. The fraction of sp³-hybridized carbons (Fsp3) is 0.133. The van der Waals surface area contributed by atoms with E-state index in [2.05, 4.69) is 14.9 Å². The van der Waals surface area contributed by atoms with Gasteiger partial charge in [0.05, 0.1) is 16.8 Å². The summed E-state index contributed by atoms with van der Waals surface area (Å²) >= 11 is 0. The molecule has 1 aromatic heterocycles. The zero-order valence-corrected chi connectivity index (χ0v) is 20.1. The maximum Gasteiger partial charge on any atom is 0.573 e. The third-order valence-electron chi connectivity index (χ3n) is 6.47. The molecule has 192 valence electrons. The van der Waals surface area contributed by atoms with Crippen molar-refractivity contribution in [3.05, 3.63) is 119 Å². The van der Waals surface area contributed by atoms with Crippen molar-refractivity contribution in [2.45, 2.75) is 25.1 Å². The number of nitrogens with one attached hydrogen (secondary N) is 1. The van der Waals surface area contributed by atoms with Crippen molar-refractivity contribution < 1.29 is 27.8 Å². The Morgan fingerprint density at radius 1 is 0.895 bits per heavy atom. The summed E-state index contributed by atoms with van der Waals surface area (Å²) in [6.07, 6.45) is -3.98. The van der Waals surface area contributed by atoms with Crippen LogP contribution in [-0.2, 0) is 6.42 Å². The van der Waals surface area contributed by atoms with Crippen LogP contribution in [0.5, 0.6) is 5.75 Å². The number of ether oxygens (including phenoxy) is 1. The molecule has 8 heteroatoms. The van der Waals surface area contributed by atoms with E-state index in [1.165, 1.54) is 18.2 Å². The Bertz CT molecular complexity index is 1560. The van der Waals surface area contributed by atoms with E-state index in [0.717, 1.165) is 27.6 Å². The van der Waals surface area contributed by atoms with Gasteiger partial charge >= 0.3 is 12.3 Å². The summed E-state index contributed by atoms with van der Waals surface area (Å²) in [5.41, 5.74) is 4.39. The van der Waals surface area contributed by atoms with Gasteiger partial charge in [-0.1, -0.05) is 66.7 Å². The van der Waals surface area contributed by atoms with Gasteiger partial charge in [0.25, 0.3) is 0 Å². The van der Waals surface area contributed by atoms with Crippen molar-refractivity contribution in [2.75, 3.05) is 0 Å². The molecule has 0 aliphatic rings. The summed E-state index contributed by atoms with van der Waals surface area (Å²) in [4.78, 5) is 11.2. The summed E-state index contributed by atoms with van der Waals surface area (Å²) in [5.74, 6) is -1.86. The molecule has 0 radical (unpaired) electrons. The quantitative estimate of drug-likeness (QED) is 0.223. The zero-order chi connectivity index (χ0) is 26.7. The van der Waals surface area contributed by atoms with Crippen molar-refractivity contribution in [3.63, 3.8) is 0 Å². The van der Waals surface area contributed by atoms with Gasteiger partial charge in [-0.05, 0) is 59.9 Å². The summed E-state index contributed by atoms with van der Waals surface area (Å²) in [6, 6.07) is 28.0. The van der Waals surface area contributed by atoms with E-state index in [4.69, 9.17) is 0 Å². The number of halogens is 3. The van der Waals surface area contributed by atoms with Crippen molar-refractivity contribution >= 4 is 16.9 Å². The summed E-state index contributed by atoms with van der Waals surface area (Å²) in [6.45, 7) is 0. The highest BCUT2D eigenvalue weighted by molar-refractivity contribution is 5.87. The van der Waals surface area contributed by atoms with Crippen LogP contribution in [0.15, 0.2) is 97.1 Å². The van der Waals surface area contributed by atoms with E-state index in [1.54, 1.807) is 24.3 Å². The molecule has 1 atom stereocenters. The molecule has 0 amide bonds. The number of H-pyrrole nitrogens is 1. The van der Waals surface area contributed by atoms with Gasteiger partial charge in [0, 0.05) is 16.9 Å². The van der Waals surface area contributed by atoms with Crippen LogP contribution < -0.4 is 4.74 Å². The lowest BCUT2D eigenvalue weighted by Gasteiger charge is -2.22. The zero-order valence-electron chi connectivity index (χ0n) is 20.1. The van der Waals surface area contributed by atoms with Crippen molar-refractivity contribution in [1.82, 2.24) is 10.2 Å². The van der Waals surface area contributed by atoms with Gasteiger partial charge in [-0.15, -0.1) is 13.2 Å². The number of fused-ring (bicyclic) bond motifs is 1. The second-order valence-electron chi connectivity index (χ2n) is 8.91. The Balaban J connectivity index is 1.62. The fourth-order valence-corrected chi connectivity index (χ4v) is 4.66. The number of aromatic carboxylic acids is 1. The van der Waals surface area contributed by atoms with Crippen LogP contribution in [0.1, 0.15) is 39.5 Å². The highest BCUT2D eigenvalue weighted by atomic mass is 19.4.